The zero-order valence-corrected chi connectivity index (χ0v) is 8.44. The van der Waals surface area contributed by atoms with E-state index in [0.29, 0.717) is 18.3 Å². The summed E-state index contributed by atoms with van der Waals surface area (Å²) in [5.74, 6) is 1.06. The summed E-state index contributed by atoms with van der Waals surface area (Å²) in [5.41, 5.74) is 11.2. The zero-order chi connectivity index (χ0) is 10.8. The second-order valence-corrected chi connectivity index (χ2v) is 3.81. The van der Waals surface area contributed by atoms with E-state index in [1.54, 1.807) is 0 Å². The summed E-state index contributed by atoms with van der Waals surface area (Å²) in [6.45, 7) is 2.36. The van der Waals surface area contributed by atoms with Gasteiger partial charge in [0.1, 0.15) is 5.69 Å². The number of nitrogens with two attached hydrogens (primary N) is 2. The summed E-state index contributed by atoms with van der Waals surface area (Å²) >= 11 is 0. The zero-order valence-electron chi connectivity index (χ0n) is 8.44. The Morgan fingerprint density at radius 1 is 1.67 bits per heavy atom. The van der Waals surface area contributed by atoms with E-state index >= 15 is 0 Å². The van der Waals surface area contributed by atoms with Crippen molar-refractivity contribution in [2.24, 2.45) is 11.7 Å². The normalized spacial score (nSPS) is 20.9. The first-order valence-electron chi connectivity index (χ1n) is 5.00. The van der Waals surface area contributed by atoms with Crippen LogP contribution in [0, 0.1) is 5.92 Å². The predicted octanol–water partition coefficient (Wildman–Crippen LogP) is -0.863. The standard InChI is InChI=1S/C9H15N5O/c10-3-6-1-2-14(4-6)8-7(11)9(15)13-5-12-8/h5-6H,1-4,10-11H2,(H,12,13,15). The molecular formula is C9H15N5O. The van der Waals surface area contributed by atoms with Gasteiger partial charge in [0.25, 0.3) is 5.56 Å². The van der Waals surface area contributed by atoms with E-state index < -0.39 is 0 Å². The number of aromatic nitrogens is 2. The van der Waals surface area contributed by atoms with Crippen molar-refractivity contribution in [1.82, 2.24) is 9.97 Å². The van der Waals surface area contributed by atoms with Crippen molar-refractivity contribution in [2.45, 2.75) is 6.42 Å². The highest BCUT2D eigenvalue weighted by atomic mass is 16.1. The summed E-state index contributed by atoms with van der Waals surface area (Å²) in [7, 11) is 0. The molecule has 1 unspecified atom stereocenters. The van der Waals surface area contributed by atoms with Gasteiger partial charge in [-0.3, -0.25) is 4.79 Å². The average molecular weight is 209 g/mol. The Balaban J connectivity index is 2.24. The second kappa shape index (κ2) is 3.90. The lowest BCUT2D eigenvalue weighted by Gasteiger charge is -2.17. The van der Waals surface area contributed by atoms with Crippen LogP contribution in [0.25, 0.3) is 0 Å². The third-order valence-corrected chi connectivity index (χ3v) is 2.79. The van der Waals surface area contributed by atoms with Gasteiger partial charge in [-0.2, -0.15) is 0 Å². The van der Waals surface area contributed by atoms with Crippen LogP contribution in [0.1, 0.15) is 6.42 Å². The highest BCUT2D eigenvalue weighted by Gasteiger charge is 2.24. The number of nitrogen functional groups attached to an aromatic ring is 1. The first kappa shape index (κ1) is 9.97. The Hall–Kier alpha value is -1.56. The van der Waals surface area contributed by atoms with Crippen molar-refractivity contribution in [2.75, 3.05) is 30.3 Å². The van der Waals surface area contributed by atoms with Crippen LogP contribution in [0.15, 0.2) is 11.1 Å². The lowest BCUT2D eigenvalue weighted by Crippen LogP contribution is -2.27. The van der Waals surface area contributed by atoms with Crippen molar-refractivity contribution in [1.29, 1.82) is 0 Å². The molecule has 0 amide bonds. The molecule has 0 radical (unpaired) electrons. The number of rotatable bonds is 2. The molecule has 82 valence electrons. The number of hydrogen-bond donors (Lipinski definition) is 3. The van der Waals surface area contributed by atoms with Crippen molar-refractivity contribution in [3.05, 3.63) is 16.7 Å². The highest BCUT2D eigenvalue weighted by Crippen LogP contribution is 2.23. The summed E-state index contributed by atoms with van der Waals surface area (Å²) in [6, 6.07) is 0. The van der Waals surface area contributed by atoms with E-state index in [2.05, 4.69) is 9.97 Å². The van der Waals surface area contributed by atoms with E-state index in [1.165, 1.54) is 6.33 Å². The van der Waals surface area contributed by atoms with Gasteiger partial charge in [-0.15, -0.1) is 0 Å². The van der Waals surface area contributed by atoms with Gasteiger partial charge in [0.15, 0.2) is 5.82 Å². The molecule has 6 nitrogen and oxygen atoms in total. The Bertz CT molecular complexity index is 402. The summed E-state index contributed by atoms with van der Waals surface area (Å²) in [4.78, 5) is 19.8. The monoisotopic (exact) mass is 209 g/mol. The molecule has 6 heteroatoms. The topological polar surface area (TPSA) is 101 Å². The maximum atomic E-state index is 11.3. The van der Waals surface area contributed by atoms with E-state index in [-0.39, 0.29) is 11.2 Å². The lowest BCUT2D eigenvalue weighted by molar-refractivity contribution is 0.602. The molecule has 0 bridgehead atoms. The molecule has 1 atom stereocenters. The number of anilines is 2. The van der Waals surface area contributed by atoms with Crippen molar-refractivity contribution < 1.29 is 0 Å². The van der Waals surface area contributed by atoms with E-state index in [4.69, 9.17) is 11.5 Å². The maximum absolute atomic E-state index is 11.3. The minimum Gasteiger partial charge on any atom is -0.391 e. The summed E-state index contributed by atoms with van der Waals surface area (Å²) in [5, 5.41) is 0. The fourth-order valence-electron chi connectivity index (χ4n) is 1.87. The Morgan fingerprint density at radius 3 is 3.13 bits per heavy atom. The van der Waals surface area contributed by atoms with Gasteiger partial charge in [0.2, 0.25) is 0 Å². The molecule has 0 saturated carbocycles. The molecule has 0 aliphatic carbocycles. The van der Waals surface area contributed by atoms with Crippen LogP contribution in [0.2, 0.25) is 0 Å². The first-order valence-corrected chi connectivity index (χ1v) is 5.00. The summed E-state index contributed by atoms with van der Waals surface area (Å²) in [6.07, 6.45) is 2.41. The van der Waals surface area contributed by atoms with Gasteiger partial charge < -0.3 is 21.4 Å². The number of H-pyrrole nitrogens is 1. The number of nitrogens with zero attached hydrogens (tertiary/aromatic N) is 2. The van der Waals surface area contributed by atoms with Crippen LogP contribution >= 0.6 is 0 Å². The average Bonchev–Trinajstić information content (AvgIpc) is 2.70. The van der Waals surface area contributed by atoms with E-state index in [1.807, 2.05) is 4.90 Å². The van der Waals surface area contributed by atoms with E-state index in [0.717, 1.165) is 19.5 Å². The number of hydrogen-bond acceptors (Lipinski definition) is 5. The highest BCUT2D eigenvalue weighted by molar-refractivity contribution is 5.61. The van der Waals surface area contributed by atoms with Crippen LogP contribution < -0.4 is 21.9 Å². The van der Waals surface area contributed by atoms with Crippen LogP contribution in [-0.2, 0) is 0 Å². The molecule has 0 aromatic carbocycles. The van der Waals surface area contributed by atoms with Gasteiger partial charge in [-0.25, -0.2) is 4.98 Å². The largest absolute Gasteiger partial charge is 0.391 e. The predicted molar refractivity (Wildman–Crippen MR) is 58.6 cm³/mol. The van der Waals surface area contributed by atoms with E-state index in [9.17, 15) is 4.79 Å². The first-order chi connectivity index (χ1) is 7.22. The maximum Gasteiger partial charge on any atom is 0.276 e. The van der Waals surface area contributed by atoms with Crippen LogP contribution in [0.3, 0.4) is 0 Å². The third-order valence-electron chi connectivity index (χ3n) is 2.79. The summed E-state index contributed by atoms with van der Waals surface area (Å²) < 4.78 is 0. The van der Waals surface area contributed by atoms with Crippen LogP contribution in [-0.4, -0.2) is 29.6 Å². The molecule has 1 aliphatic rings. The third kappa shape index (κ3) is 1.80. The SMILES string of the molecule is NCC1CCN(c2nc[nH]c(=O)c2N)C1. The molecular weight excluding hydrogens is 194 g/mol. The van der Waals surface area contributed by atoms with Crippen molar-refractivity contribution in [3.63, 3.8) is 0 Å². The molecule has 2 rings (SSSR count). The van der Waals surface area contributed by atoms with Crippen molar-refractivity contribution >= 4 is 11.5 Å². The minimum absolute atomic E-state index is 0.190. The fourth-order valence-corrected chi connectivity index (χ4v) is 1.87. The molecule has 2 heterocycles. The quantitative estimate of drug-likeness (QED) is 0.588. The van der Waals surface area contributed by atoms with Crippen LogP contribution in [0.5, 0.6) is 0 Å². The number of aromatic amines is 1. The lowest BCUT2D eigenvalue weighted by atomic mass is 10.1. The van der Waals surface area contributed by atoms with Gasteiger partial charge >= 0.3 is 0 Å². The Kier molecular flexibility index (Phi) is 2.59. The molecule has 0 spiro atoms. The van der Waals surface area contributed by atoms with Gasteiger partial charge in [-0.1, -0.05) is 0 Å². The number of nitrogens with one attached hydrogen (secondary N) is 1. The molecule has 5 N–H and O–H groups in total. The molecule has 1 aromatic rings. The van der Waals surface area contributed by atoms with Crippen molar-refractivity contribution in [3.8, 4) is 0 Å². The second-order valence-electron chi connectivity index (χ2n) is 3.81. The van der Waals surface area contributed by atoms with Gasteiger partial charge in [0.05, 0.1) is 6.33 Å². The van der Waals surface area contributed by atoms with Gasteiger partial charge in [0, 0.05) is 13.1 Å². The Labute approximate surface area is 87.3 Å². The van der Waals surface area contributed by atoms with Crippen LogP contribution in [0.4, 0.5) is 11.5 Å². The minimum atomic E-state index is -0.281. The smallest absolute Gasteiger partial charge is 0.276 e. The Morgan fingerprint density at radius 2 is 2.47 bits per heavy atom. The fraction of sp³-hybridized carbons (Fsp3) is 0.556. The molecule has 15 heavy (non-hydrogen) atoms. The molecule has 1 saturated heterocycles. The molecule has 1 fully saturated rings. The molecule has 1 aliphatic heterocycles. The molecule has 1 aromatic heterocycles. The van der Waals surface area contributed by atoms with Gasteiger partial charge in [-0.05, 0) is 18.9 Å².